The van der Waals surface area contributed by atoms with E-state index in [0.717, 1.165) is 0 Å². The van der Waals surface area contributed by atoms with E-state index in [4.69, 9.17) is 21.1 Å². The van der Waals surface area contributed by atoms with E-state index in [2.05, 4.69) is 4.72 Å². The minimum absolute atomic E-state index is 0.178. The van der Waals surface area contributed by atoms with E-state index in [-0.39, 0.29) is 4.90 Å². The molecule has 0 aromatic heterocycles. The summed E-state index contributed by atoms with van der Waals surface area (Å²) in [5.74, 6) is 0.944. The molecule has 2 rings (SSSR count). The zero-order valence-electron chi connectivity index (χ0n) is 13.3. The van der Waals surface area contributed by atoms with Gasteiger partial charge in [0.05, 0.1) is 24.8 Å². The van der Waals surface area contributed by atoms with E-state index in [1.807, 2.05) is 0 Å². The number of benzene rings is 2. The van der Waals surface area contributed by atoms with Crippen LogP contribution in [-0.4, -0.2) is 22.6 Å². The molecule has 0 aliphatic heterocycles. The molecule has 0 aliphatic carbocycles. The Morgan fingerprint density at radius 2 is 1.70 bits per heavy atom. The van der Waals surface area contributed by atoms with Gasteiger partial charge in [0.25, 0.3) is 10.0 Å². The van der Waals surface area contributed by atoms with E-state index in [0.29, 0.717) is 33.3 Å². The molecule has 0 radical (unpaired) electrons. The van der Waals surface area contributed by atoms with Gasteiger partial charge in [0, 0.05) is 11.1 Å². The molecule has 0 amide bonds. The molecule has 7 heteroatoms. The van der Waals surface area contributed by atoms with Gasteiger partial charge >= 0.3 is 0 Å². The number of aryl methyl sites for hydroxylation is 2. The molecule has 0 saturated heterocycles. The van der Waals surface area contributed by atoms with E-state index in [1.165, 1.54) is 14.2 Å². The van der Waals surface area contributed by atoms with Crippen LogP contribution in [0.25, 0.3) is 0 Å². The number of hydrogen-bond donors (Lipinski definition) is 1. The van der Waals surface area contributed by atoms with Gasteiger partial charge < -0.3 is 9.47 Å². The molecular formula is C16H18ClNO4S. The highest BCUT2D eigenvalue weighted by atomic mass is 35.5. The predicted octanol–water partition coefficient (Wildman–Crippen LogP) is 3.77. The third-order valence-corrected chi connectivity index (χ3v) is 5.31. The van der Waals surface area contributed by atoms with Crippen molar-refractivity contribution in [3.63, 3.8) is 0 Å². The Balaban J connectivity index is 2.45. The first-order chi connectivity index (χ1) is 10.8. The molecule has 1 N–H and O–H groups in total. The largest absolute Gasteiger partial charge is 0.497 e. The van der Waals surface area contributed by atoms with Crippen molar-refractivity contribution in [2.45, 2.75) is 18.7 Å². The number of nitrogens with one attached hydrogen (secondary N) is 1. The first kappa shape index (κ1) is 17.4. The van der Waals surface area contributed by atoms with Crippen molar-refractivity contribution in [3.05, 3.63) is 46.5 Å². The highest BCUT2D eigenvalue weighted by Gasteiger charge is 2.20. The molecule has 0 spiro atoms. The number of halogens is 1. The molecule has 0 heterocycles. The Morgan fingerprint density at radius 3 is 2.30 bits per heavy atom. The van der Waals surface area contributed by atoms with Crippen molar-refractivity contribution in [2.24, 2.45) is 0 Å². The van der Waals surface area contributed by atoms with Gasteiger partial charge in [-0.15, -0.1) is 0 Å². The van der Waals surface area contributed by atoms with Crippen LogP contribution >= 0.6 is 11.6 Å². The lowest BCUT2D eigenvalue weighted by Crippen LogP contribution is -2.15. The van der Waals surface area contributed by atoms with Gasteiger partial charge in [-0.25, -0.2) is 8.42 Å². The molecule has 0 unspecified atom stereocenters. The van der Waals surface area contributed by atoms with Crippen LogP contribution in [0.2, 0.25) is 5.02 Å². The molecule has 0 aliphatic rings. The first-order valence-corrected chi connectivity index (χ1v) is 8.66. The van der Waals surface area contributed by atoms with Gasteiger partial charge in [0.2, 0.25) is 0 Å². The standard InChI is InChI=1S/C16H18ClNO4S/c1-10-8-16(11(2)7-13(10)17)23(19,20)18-14-6-5-12(21-3)9-15(14)22-4/h5-9,18H,1-4H3. The van der Waals surface area contributed by atoms with Crippen LogP contribution in [0.3, 0.4) is 0 Å². The van der Waals surface area contributed by atoms with E-state index in [9.17, 15) is 8.42 Å². The van der Waals surface area contributed by atoms with Crippen LogP contribution in [0.1, 0.15) is 11.1 Å². The first-order valence-electron chi connectivity index (χ1n) is 6.80. The van der Waals surface area contributed by atoms with E-state index in [1.54, 1.807) is 44.2 Å². The maximum absolute atomic E-state index is 12.7. The van der Waals surface area contributed by atoms with Crippen molar-refractivity contribution in [2.75, 3.05) is 18.9 Å². The van der Waals surface area contributed by atoms with Gasteiger partial charge in [-0.2, -0.15) is 0 Å². The summed E-state index contributed by atoms with van der Waals surface area (Å²) in [4.78, 5) is 0.178. The molecule has 0 bridgehead atoms. The second-order valence-corrected chi connectivity index (χ2v) is 7.10. The summed E-state index contributed by atoms with van der Waals surface area (Å²) in [7, 11) is -0.776. The summed E-state index contributed by atoms with van der Waals surface area (Å²) in [6.45, 7) is 3.46. The quantitative estimate of drug-likeness (QED) is 0.886. The maximum Gasteiger partial charge on any atom is 0.262 e. The van der Waals surface area contributed by atoms with Crippen LogP contribution in [0.5, 0.6) is 11.5 Å². The number of rotatable bonds is 5. The van der Waals surface area contributed by atoms with Crippen molar-refractivity contribution >= 4 is 27.3 Å². The Hall–Kier alpha value is -1.92. The maximum atomic E-state index is 12.7. The highest BCUT2D eigenvalue weighted by Crippen LogP contribution is 2.32. The van der Waals surface area contributed by atoms with Gasteiger partial charge in [0.1, 0.15) is 11.5 Å². The summed E-state index contributed by atoms with van der Waals surface area (Å²) in [5.41, 5.74) is 1.60. The third-order valence-electron chi connectivity index (χ3n) is 3.40. The second kappa shape index (κ2) is 6.68. The zero-order chi connectivity index (χ0) is 17.2. The Labute approximate surface area is 141 Å². The normalized spacial score (nSPS) is 11.2. The molecular weight excluding hydrogens is 338 g/mol. The third kappa shape index (κ3) is 3.71. The number of hydrogen-bond acceptors (Lipinski definition) is 4. The van der Waals surface area contributed by atoms with Gasteiger partial charge in [-0.05, 0) is 49.2 Å². The van der Waals surface area contributed by atoms with Crippen LogP contribution in [0, 0.1) is 13.8 Å². The molecule has 0 saturated carbocycles. The average Bonchev–Trinajstić information content (AvgIpc) is 2.50. The van der Waals surface area contributed by atoms with Crippen LogP contribution in [-0.2, 0) is 10.0 Å². The monoisotopic (exact) mass is 355 g/mol. The van der Waals surface area contributed by atoms with Gasteiger partial charge in [0.15, 0.2) is 0 Å². The number of anilines is 1. The number of methoxy groups -OCH3 is 2. The Morgan fingerprint density at radius 1 is 1.00 bits per heavy atom. The van der Waals surface area contributed by atoms with E-state index >= 15 is 0 Å². The molecule has 124 valence electrons. The predicted molar refractivity (Wildman–Crippen MR) is 91.3 cm³/mol. The fraction of sp³-hybridized carbons (Fsp3) is 0.250. The number of ether oxygens (including phenoxy) is 2. The Bertz CT molecular complexity index is 834. The fourth-order valence-electron chi connectivity index (χ4n) is 2.13. The van der Waals surface area contributed by atoms with Crippen molar-refractivity contribution in [1.82, 2.24) is 0 Å². The smallest absolute Gasteiger partial charge is 0.262 e. The summed E-state index contributed by atoms with van der Waals surface area (Å²) in [6.07, 6.45) is 0. The lowest BCUT2D eigenvalue weighted by Gasteiger charge is -2.15. The minimum Gasteiger partial charge on any atom is -0.497 e. The van der Waals surface area contributed by atoms with Crippen molar-refractivity contribution < 1.29 is 17.9 Å². The fourth-order valence-corrected chi connectivity index (χ4v) is 3.73. The van der Waals surface area contributed by atoms with E-state index < -0.39 is 10.0 Å². The Kier molecular flexibility index (Phi) is 5.06. The van der Waals surface area contributed by atoms with Crippen LogP contribution in [0.15, 0.2) is 35.2 Å². The number of sulfonamides is 1. The molecule has 0 atom stereocenters. The zero-order valence-corrected chi connectivity index (χ0v) is 14.9. The van der Waals surface area contributed by atoms with Gasteiger partial charge in [-0.3, -0.25) is 4.72 Å². The molecule has 23 heavy (non-hydrogen) atoms. The van der Waals surface area contributed by atoms with Gasteiger partial charge in [-0.1, -0.05) is 11.6 Å². The topological polar surface area (TPSA) is 64.6 Å². The van der Waals surface area contributed by atoms with Crippen LogP contribution < -0.4 is 14.2 Å². The molecule has 2 aromatic rings. The molecule has 0 fully saturated rings. The SMILES string of the molecule is COc1ccc(NS(=O)(=O)c2cc(C)c(Cl)cc2C)c(OC)c1. The molecule has 5 nitrogen and oxygen atoms in total. The minimum atomic E-state index is -3.76. The summed E-state index contributed by atoms with van der Waals surface area (Å²) >= 11 is 6.03. The summed E-state index contributed by atoms with van der Waals surface area (Å²) in [6, 6.07) is 8.04. The average molecular weight is 356 g/mol. The summed E-state index contributed by atoms with van der Waals surface area (Å²) in [5, 5.41) is 0.531. The highest BCUT2D eigenvalue weighted by molar-refractivity contribution is 7.92. The lowest BCUT2D eigenvalue weighted by atomic mass is 10.2. The van der Waals surface area contributed by atoms with Crippen molar-refractivity contribution in [3.8, 4) is 11.5 Å². The molecule has 2 aromatic carbocycles. The van der Waals surface area contributed by atoms with Crippen molar-refractivity contribution in [1.29, 1.82) is 0 Å². The second-order valence-electron chi connectivity index (χ2n) is 5.04. The van der Waals surface area contributed by atoms with Crippen LogP contribution in [0.4, 0.5) is 5.69 Å². The lowest BCUT2D eigenvalue weighted by molar-refractivity contribution is 0.395. The summed E-state index contributed by atoms with van der Waals surface area (Å²) < 4.78 is 38.2.